The number of rotatable bonds is 3. The SMILES string of the molecule is CC(C)n1cc2c3c(cccc31)[C@H]1CC(C(=O)NC3CCCCC3)CN(C)[C@@H]1C2. The van der Waals surface area contributed by atoms with Gasteiger partial charge in [0.2, 0.25) is 5.91 Å². The van der Waals surface area contributed by atoms with Crippen LogP contribution in [0.3, 0.4) is 0 Å². The van der Waals surface area contributed by atoms with E-state index in [1.54, 1.807) is 0 Å². The molecule has 2 fully saturated rings. The third kappa shape index (κ3) is 3.30. The molecule has 0 spiro atoms. The molecule has 1 aliphatic heterocycles. The lowest BCUT2D eigenvalue weighted by Gasteiger charge is -2.45. The maximum Gasteiger partial charge on any atom is 0.224 e. The highest BCUT2D eigenvalue weighted by atomic mass is 16.2. The van der Waals surface area contributed by atoms with E-state index in [1.165, 1.54) is 41.3 Å². The summed E-state index contributed by atoms with van der Waals surface area (Å²) >= 11 is 0. The molecule has 5 rings (SSSR count). The summed E-state index contributed by atoms with van der Waals surface area (Å²) in [5.74, 6) is 0.849. The molecule has 1 amide bonds. The second-order valence-corrected chi connectivity index (χ2v) is 9.99. The number of carbonyl (C=O) groups is 1. The molecule has 156 valence electrons. The maximum absolute atomic E-state index is 13.1. The number of hydrogen-bond acceptors (Lipinski definition) is 2. The van der Waals surface area contributed by atoms with Crippen LogP contribution in [0.1, 0.15) is 75.5 Å². The quantitative estimate of drug-likeness (QED) is 0.825. The number of amides is 1. The Morgan fingerprint density at radius 3 is 2.72 bits per heavy atom. The van der Waals surface area contributed by atoms with E-state index in [4.69, 9.17) is 0 Å². The minimum Gasteiger partial charge on any atom is -0.353 e. The second kappa shape index (κ2) is 7.46. The Kier molecular flexibility index (Phi) is 4.93. The smallest absolute Gasteiger partial charge is 0.224 e. The minimum atomic E-state index is 0.104. The van der Waals surface area contributed by atoms with Crippen LogP contribution >= 0.6 is 0 Å². The van der Waals surface area contributed by atoms with Crippen LogP contribution in [-0.2, 0) is 11.2 Å². The van der Waals surface area contributed by atoms with Crippen molar-refractivity contribution in [2.45, 2.75) is 82.8 Å². The zero-order chi connectivity index (χ0) is 20.1. The molecule has 0 radical (unpaired) electrons. The second-order valence-electron chi connectivity index (χ2n) is 9.99. The molecule has 1 aromatic heterocycles. The summed E-state index contributed by atoms with van der Waals surface area (Å²) in [7, 11) is 2.22. The molecule has 4 heteroatoms. The van der Waals surface area contributed by atoms with Gasteiger partial charge in [0.25, 0.3) is 0 Å². The number of nitrogens with one attached hydrogen (secondary N) is 1. The monoisotopic (exact) mass is 393 g/mol. The van der Waals surface area contributed by atoms with Crippen molar-refractivity contribution >= 4 is 16.8 Å². The summed E-state index contributed by atoms with van der Waals surface area (Å²) in [5.41, 5.74) is 4.32. The van der Waals surface area contributed by atoms with Crippen LogP contribution in [0.5, 0.6) is 0 Å². The van der Waals surface area contributed by atoms with E-state index < -0.39 is 0 Å². The van der Waals surface area contributed by atoms with Crippen LogP contribution in [-0.4, -0.2) is 41.1 Å². The van der Waals surface area contributed by atoms with Crippen LogP contribution in [0, 0.1) is 5.92 Å². The normalized spacial score (nSPS) is 27.9. The van der Waals surface area contributed by atoms with Gasteiger partial charge in [-0.2, -0.15) is 0 Å². The van der Waals surface area contributed by atoms with Crippen molar-refractivity contribution in [3.05, 3.63) is 35.5 Å². The van der Waals surface area contributed by atoms with Crippen LogP contribution in [0.15, 0.2) is 24.4 Å². The molecule has 2 aromatic rings. The third-order valence-electron chi connectivity index (χ3n) is 7.75. The summed E-state index contributed by atoms with van der Waals surface area (Å²) in [6.07, 6.45) is 10.6. The zero-order valence-electron chi connectivity index (χ0n) is 18.2. The van der Waals surface area contributed by atoms with Crippen molar-refractivity contribution in [1.82, 2.24) is 14.8 Å². The van der Waals surface area contributed by atoms with Gasteiger partial charge in [-0.05, 0) is 63.8 Å². The van der Waals surface area contributed by atoms with E-state index in [-0.39, 0.29) is 5.92 Å². The van der Waals surface area contributed by atoms with Crippen LogP contribution in [0.2, 0.25) is 0 Å². The van der Waals surface area contributed by atoms with E-state index >= 15 is 0 Å². The highest BCUT2D eigenvalue weighted by Gasteiger charge is 2.42. The van der Waals surface area contributed by atoms with Crippen molar-refractivity contribution in [3.8, 4) is 0 Å². The fraction of sp³-hybridized carbons (Fsp3) is 0.640. The van der Waals surface area contributed by atoms with E-state index in [1.807, 2.05) is 0 Å². The summed E-state index contributed by atoms with van der Waals surface area (Å²) in [6.45, 7) is 5.41. The van der Waals surface area contributed by atoms with Gasteiger partial charge in [0, 0.05) is 47.7 Å². The van der Waals surface area contributed by atoms with Crippen molar-refractivity contribution in [2.75, 3.05) is 13.6 Å². The third-order valence-corrected chi connectivity index (χ3v) is 7.75. The molecule has 4 nitrogen and oxygen atoms in total. The Morgan fingerprint density at radius 1 is 1.17 bits per heavy atom. The van der Waals surface area contributed by atoms with Gasteiger partial charge in [0.05, 0.1) is 5.92 Å². The lowest BCUT2D eigenvalue weighted by molar-refractivity contribution is -0.128. The largest absolute Gasteiger partial charge is 0.353 e. The predicted molar refractivity (Wildman–Crippen MR) is 118 cm³/mol. The minimum absolute atomic E-state index is 0.104. The zero-order valence-corrected chi connectivity index (χ0v) is 18.2. The van der Waals surface area contributed by atoms with Crippen LogP contribution in [0.25, 0.3) is 10.9 Å². The molecular formula is C25H35N3O. The summed E-state index contributed by atoms with van der Waals surface area (Å²) in [6, 6.07) is 8.18. The molecule has 1 N–H and O–H groups in total. The van der Waals surface area contributed by atoms with Crippen LogP contribution in [0.4, 0.5) is 0 Å². The Bertz CT molecular complexity index is 908. The Balaban J connectivity index is 1.43. The number of nitrogens with zero attached hydrogens (tertiary/aromatic N) is 2. The average Bonchev–Trinajstić information content (AvgIpc) is 3.10. The molecule has 1 saturated carbocycles. The van der Waals surface area contributed by atoms with Gasteiger partial charge in [-0.25, -0.2) is 0 Å². The number of piperidine rings is 1. The van der Waals surface area contributed by atoms with Crippen molar-refractivity contribution < 1.29 is 4.79 Å². The number of carbonyl (C=O) groups excluding carboxylic acids is 1. The van der Waals surface area contributed by atoms with E-state index in [0.29, 0.717) is 30.0 Å². The fourth-order valence-corrected chi connectivity index (χ4v) is 6.26. The lowest BCUT2D eigenvalue weighted by atomic mass is 9.72. The summed E-state index contributed by atoms with van der Waals surface area (Å²) in [5, 5.41) is 4.86. The van der Waals surface area contributed by atoms with Crippen molar-refractivity contribution in [2.24, 2.45) is 5.92 Å². The summed E-state index contributed by atoms with van der Waals surface area (Å²) < 4.78 is 2.43. The number of benzene rings is 1. The molecule has 3 aliphatic rings. The molecule has 1 saturated heterocycles. The Hall–Kier alpha value is -1.81. The molecule has 1 aromatic carbocycles. The molecular weight excluding hydrogens is 358 g/mol. The van der Waals surface area contributed by atoms with Gasteiger partial charge in [-0.15, -0.1) is 0 Å². The molecule has 2 aliphatic carbocycles. The Labute approximate surface area is 174 Å². The molecule has 2 heterocycles. The maximum atomic E-state index is 13.1. The van der Waals surface area contributed by atoms with Gasteiger partial charge in [-0.1, -0.05) is 31.4 Å². The van der Waals surface area contributed by atoms with Gasteiger partial charge >= 0.3 is 0 Å². The fourth-order valence-electron chi connectivity index (χ4n) is 6.26. The number of hydrogen-bond donors (Lipinski definition) is 1. The van der Waals surface area contributed by atoms with Gasteiger partial charge in [0.1, 0.15) is 0 Å². The first-order chi connectivity index (χ1) is 14.0. The number of fused-ring (bicyclic) bond motifs is 2. The first-order valence-electron chi connectivity index (χ1n) is 11.7. The summed E-state index contributed by atoms with van der Waals surface area (Å²) in [4.78, 5) is 15.6. The first-order valence-corrected chi connectivity index (χ1v) is 11.7. The number of aromatic nitrogens is 1. The molecule has 29 heavy (non-hydrogen) atoms. The Morgan fingerprint density at radius 2 is 1.97 bits per heavy atom. The van der Waals surface area contributed by atoms with Crippen LogP contribution < -0.4 is 5.32 Å². The predicted octanol–water partition coefficient (Wildman–Crippen LogP) is 4.63. The first kappa shape index (κ1) is 19.2. The van der Waals surface area contributed by atoms with E-state index in [0.717, 1.165) is 32.2 Å². The molecule has 0 bridgehead atoms. The number of likely N-dealkylation sites (N-methyl/N-ethyl adjacent to an activating group) is 1. The highest BCUT2D eigenvalue weighted by molar-refractivity contribution is 5.89. The van der Waals surface area contributed by atoms with E-state index in [2.05, 4.69) is 60.1 Å². The average molecular weight is 394 g/mol. The standard InChI is InChI=1S/C25H35N3O/c1-16(2)28-15-17-13-23-21(20-10-7-11-22(28)24(17)20)12-18(14-27(23)3)25(29)26-19-8-5-4-6-9-19/h7,10-11,15-16,18-19,21,23H,4-6,8-9,12-14H2,1-3H3,(H,26,29)/t18?,21-,23-/m1/s1. The van der Waals surface area contributed by atoms with Gasteiger partial charge in [0.15, 0.2) is 0 Å². The van der Waals surface area contributed by atoms with Crippen molar-refractivity contribution in [1.29, 1.82) is 0 Å². The highest BCUT2D eigenvalue weighted by Crippen LogP contribution is 2.45. The molecule has 1 unspecified atom stereocenters. The van der Waals surface area contributed by atoms with Gasteiger partial charge in [-0.3, -0.25) is 4.79 Å². The topological polar surface area (TPSA) is 37.3 Å². The van der Waals surface area contributed by atoms with Crippen molar-refractivity contribution in [3.63, 3.8) is 0 Å². The lowest BCUT2D eigenvalue weighted by Crippen LogP contribution is -2.52. The van der Waals surface area contributed by atoms with E-state index in [9.17, 15) is 4.79 Å². The number of likely N-dealkylation sites (tertiary alicyclic amines) is 1. The van der Waals surface area contributed by atoms with Gasteiger partial charge < -0.3 is 14.8 Å². The molecule has 3 atom stereocenters.